The van der Waals surface area contributed by atoms with Gasteiger partial charge in [0.05, 0.1) is 7.11 Å². The van der Waals surface area contributed by atoms with Crippen molar-refractivity contribution < 1.29 is 31.4 Å². The molecule has 0 unspecified atom stereocenters. The van der Waals surface area contributed by atoms with Gasteiger partial charge in [-0.2, -0.15) is 8.42 Å². The zero-order valence-corrected chi connectivity index (χ0v) is 13.5. The maximum atomic E-state index is 11.4. The highest BCUT2D eigenvalue weighted by atomic mass is 35.6. The molecule has 0 amide bonds. The molecular formula is C10H9Cl3O7S. The largest absolute Gasteiger partial charge is 0.507 e. The number of phenols is 1. The van der Waals surface area contributed by atoms with Crippen LogP contribution in [0.25, 0.3) is 0 Å². The second-order valence-electron chi connectivity index (χ2n) is 3.54. The molecule has 1 rings (SSSR count). The normalized spacial score (nSPS) is 12.0. The maximum Gasteiger partial charge on any atom is 0.449 e. The van der Waals surface area contributed by atoms with Gasteiger partial charge in [0, 0.05) is 6.07 Å². The molecule has 1 aromatic rings. The summed E-state index contributed by atoms with van der Waals surface area (Å²) in [5, 5.41) is 9.57. The molecule has 21 heavy (non-hydrogen) atoms. The summed E-state index contributed by atoms with van der Waals surface area (Å²) in [6.45, 7) is -0.758. The summed E-state index contributed by atoms with van der Waals surface area (Å²) in [5.74, 6) is -1.63. The lowest BCUT2D eigenvalue weighted by molar-refractivity contribution is 0.0597. The number of ether oxygens (including phenoxy) is 1. The first-order chi connectivity index (χ1) is 9.54. The fourth-order valence-electron chi connectivity index (χ4n) is 1.13. The lowest BCUT2D eigenvalue weighted by atomic mass is 10.2. The van der Waals surface area contributed by atoms with E-state index >= 15 is 0 Å². The van der Waals surface area contributed by atoms with Crippen molar-refractivity contribution in [2.24, 2.45) is 0 Å². The Bertz CT molecular complexity index is 624. The highest BCUT2D eigenvalue weighted by Crippen LogP contribution is 2.28. The van der Waals surface area contributed by atoms with Crippen LogP contribution in [0.2, 0.25) is 0 Å². The lowest BCUT2D eigenvalue weighted by Gasteiger charge is -2.12. The smallest absolute Gasteiger partial charge is 0.449 e. The van der Waals surface area contributed by atoms with E-state index in [1.807, 2.05) is 0 Å². The topological polar surface area (TPSA) is 99.1 Å². The van der Waals surface area contributed by atoms with Crippen LogP contribution in [0.15, 0.2) is 18.2 Å². The van der Waals surface area contributed by atoms with Gasteiger partial charge in [0.2, 0.25) is 3.79 Å². The first-order valence-electron chi connectivity index (χ1n) is 5.11. The summed E-state index contributed by atoms with van der Waals surface area (Å²) < 4.78 is 34.2. The van der Waals surface area contributed by atoms with Gasteiger partial charge < -0.3 is 14.0 Å². The van der Waals surface area contributed by atoms with Crippen LogP contribution in [0, 0.1) is 0 Å². The molecule has 0 radical (unpaired) electrons. The van der Waals surface area contributed by atoms with Crippen molar-refractivity contribution in [3.63, 3.8) is 0 Å². The van der Waals surface area contributed by atoms with Crippen molar-refractivity contribution in [3.05, 3.63) is 23.8 Å². The van der Waals surface area contributed by atoms with Crippen LogP contribution in [-0.2, 0) is 19.3 Å². The van der Waals surface area contributed by atoms with E-state index in [0.29, 0.717) is 0 Å². The van der Waals surface area contributed by atoms with Crippen molar-refractivity contribution in [2.45, 2.75) is 3.79 Å². The Labute approximate surface area is 135 Å². The summed E-state index contributed by atoms with van der Waals surface area (Å²) in [6.07, 6.45) is 0. The Morgan fingerprint density at radius 1 is 1.33 bits per heavy atom. The number of rotatable bonds is 5. The van der Waals surface area contributed by atoms with Gasteiger partial charge in [0.25, 0.3) is 0 Å². The highest BCUT2D eigenvalue weighted by molar-refractivity contribution is 7.82. The second-order valence-corrected chi connectivity index (χ2v) is 7.27. The number of hydrogen-bond acceptors (Lipinski definition) is 7. The van der Waals surface area contributed by atoms with E-state index < -0.39 is 32.5 Å². The molecule has 11 heteroatoms. The van der Waals surface area contributed by atoms with Gasteiger partial charge >= 0.3 is 16.4 Å². The van der Waals surface area contributed by atoms with Crippen LogP contribution in [0.5, 0.6) is 11.5 Å². The maximum absolute atomic E-state index is 11.4. The van der Waals surface area contributed by atoms with E-state index in [0.717, 1.165) is 25.3 Å². The molecule has 0 spiro atoms. The number of methoxy groups -OCH3 is 1. The van der Waals surface area contributed by atoms with Crippen LogP contribution in [-0.4, -0.2) is 37.0 Å². The molecule has 0 aliphatic rings. The minimum absolute atomic E-state index is 0.163. The molecule has 0 bridgehead atoms. The monoisotopic (exact) mass is 378 g/mol. The quantitative estimate of drug-likeness (QED) is 0.618. The molecule has 7 nitrogen and oxygen atoms in total. The fraction of sp³-hybridized carbons (Fsp3) is 0.300. The van der Waals surface area contributed by atoms with E-state index in [2.05, 4.69) is 13.1 Å². The van der Waals surface area contributed by atoms with E-state index in [1.165, 1.54) is 0 Å². The molecule has 118 valence electrons. The highest BCUT2D eigenvalue weighted by Gasteiger charge is 2.26. The predicted molar refractivity (Wildman–Crippen MR) is 75.2 cm³/mol. The standard InChI is InChI=1S/C10H9Cl3O7S/c1-18-9(15)7-3-2-6(4-8(7)14)20-21(16,17)19-5-10(11,12)13/h2-4,14H,5H2,1H3. The van der Waals surface area contributed by atoms with Crippen LogP contribution >= 0.6 is 34.8 Å². The van der Waals surface area contributed by atoms with Crippen molar-refractivity contribution in [1.29, 1.82) is 0 Å². The number of carbonyl (C=O) groups is 1. The van der Waals surface area contributed by atoms with Crippen molar-refractivity contribution in [2.75, 3.05) is 13.7 Å². The summed E-state index contributed by atoms with van der Waals surface area (Å²) in [5.41, 5.74) is -0.163. The minimum Gasteiger partial charge on any atom is -0.507 e. The molecule has 0 aliphatic carbocycles. The molecule has 1 aromatic carbocycles. The fourth-order valence-corrected chi connectivity index (χ4v) is 2.19. The Morgan fingerprint density at radius 3 is 2.43 bits per heavy atom. The Balaban J connectivity index is 2.84. The average molecular weight is 380 g/mol. The predicted octanol–water partition coefficient (Wildman–Crippen LogP) is 2.19. The van der Waals surface area contributed by atoms with E-state index in [9.17, 15) is 18.3 Å². The molecule has 0 aliphatic heterocycles. The molecular weight excluding hydrogens is 371 g/mol. The Morgan fingerprint density at radius 2 is 1.95 bits per heavy atom. The number of phenolic OH excluding ortho intramolecular Hbond substituents is 1. The number of halogens is 3. The van der Waals surface area contributed by atoms with Crippen LogP contribution in [0.4, 0.5) is 0 Å². The first-order valence-corrected chi connectivity index (χ1v) is 7.58. The Hall–Kier alpha value is -0.930. The number of hydrogen-bond donors (Lipinski definition) is 1. The van der Waals surface area contributed by atoms with Gasteiger partial charge in [-0.25, -0.2) is 8.98 Å². The van der Waals surface area contributed by atoms with Gasteiger partial charge in [0.1, 0.15) is 23.7 Å². The Kier molecular flexibility index (Phi) is 5.94. The van der Waals surface area contributed by atoms with Crippen molar-refractivity contribution in [3.8, 4) is 11.5 Å². The van der Waals surface area contributed by atoms with Gasteiger partial charge in [-0.3, -0.25) is 0 Å². The summed E-state index contributed by atoms with van der Waals surface area (Å²) >= 11 is 16.0. The molecule has 1 N–H and O–H groups in total. The van der Waals surface area contributed by atoms with Gasteiger partial charge in [-0.1, -0.05) is 34.8 Å². The molecule has 0 atom stereocenters. The number of carbonyl (C=O) groups excluding carboxylic acids is 1. The van der Waals surface area contributed by atoms with Crippen LogP contribution < -0.4 is 4.18 Å². The molecule has 0 aromatic heterocycles. The van der Waals surface area contributed by atoms with Crippen molar-refractivity contribution >= 4 is 51.2 Å². The molecule has 0 fully saturated rings. The number of aromatic hydroxyl groups is 1. The van der Waals surface area contributed by atoms with Crippen LogP contribution in [0.3, 0.4) is 0 Å². The molecule has 0 saturated heterocycles. The molecule has 0 heterocycles. The zero-order valence-electron chi connectivity index (χ0n) is 10.4. The first kappa shape index (κ1) is 18.1. The number of alkyl halides is 3. The number of esters is 1. The summed E-state index contributed by atoms with van der Waals surface area (Å²) in [4.78, 5) is 11.2. The zero-order chi connectivity index (χ0) is 16.3. The summed E-state index contributed by atoms with van der Waals surface area (Å²) in [7, 11) is -3.38. The molecule has 0 saturated carbocycles. The minimum atomic E-state index is -4.50. The van der Waals surface area contributed by atoms with E-state index in [1.54, 1.807) is 0 Å². The van der Waals surface area contributed by atoms with Crippen LogP contribution in [0.1, 0.15) is 10.4 Å². The average Bonchev–Trinajstić information content (AvgIpc) is 2.35. The third-order valence-corrected chi connectivity index (χ3v) is 3.07. The SMILES string of the molecule is COC(=O)c1ccc(OS(=O)(=O)OCC(Cl)(Cl)Cl)cc1O. The van der Waals surface area contributed by atoms with E-state index in [4.69, 9.17) is 34.8 Å². The third kappa shape index (κ3) is 6.15. The van der Waals surface area contributed by atoms with Gasteiger partial charge in [0.15, 0.2) is 0 Å². The van der Waals surface area contributed by atoms with Gasteiger partial charge in [-0.15, -0.1) is 0 Å². The van der Waals surface area contributed by atoms with E-state index in [-0.39, 0.29) is 11.3 Å². The second kappa shape index (κ2) is 6.89. The van der Waals surface area contributed by atoms with Gasteiger partial charge in [-0.05, 0) is 12.1 Å². The number of benzene rings is 1. The van der Waals surface area contributed by atoms with Crippen molar-refractivity contribution in [1.82, 2.24) is 0 Å². The lowest BCUT2D eigenvalue weighted by Crippen LogP contribution is -2.21. The third-order valence-electron chi connectivity index (χ3n) is 1.94. The summed E-state index contributed by atoms with van der Waals surface area (Å²) in [6, 6.07) is 3.12.